The number of piperidine rings is 1. The van der Waals surface area contributed by atoms with E-state index in [0.29, 0.717) is 46.9 Å². The second kappa shape index (κ2) is 8.81. The number of imidazole rings is 1. The van der Waals surface area contributed by atoms with Crippen molar-refractivity contribution in [3.05, 3.63) is 62.2 Å². The number of benzene rings is 1. The van der Waals surface area contributed by atoms with E-state index in [4.69, 9.17) is 15.2 Å². The Hall–Kier alpha value is -3.73. The summed E-state index contributed by atoms with van der Waals surface area (Å²) in [5, 5.41) is 4.41. The molecule has 1 aliphatic heterocycles. The molecule has 3 aromatic heterocycles. The smallest absolute Gasteiger partial charge is 0.332 e. The van der Waals surface area contributed by atoms with Gasteiger partial charge in [-0.1, -0.05) is 16.8 Å². The van der Waals surface area contributed by atoms with Crippen LogP contribution in [0.15, 0.2) is 44.0 Å². The second-order valence-corrected chi connectivity index (χ2v) is 9.33. The van der Waals surface area contributed by atoms with E-state index in [9.17, 15) is 14.0 Å². The van der Waals surface area contributed by atoms with E-state index < -0.39 is 17.1 Å². The molecule has 1 atom stereocenters. The van der Waals surface area contributed by atoms with Crippen LogP contribution in [-0.4, -0.2) is 43.0 Å². The van der Waals surface area contributed by atoms with Gasteiger partial charge in [0, 0.05) is 38.1 Å². The summed E-state index contributed by atoms with van der Waals surface area (Å²) in [6.07, 6.45) is 3.87. The molecule has 184 valence electrons. The van der Waals surface area contributed by atoms with Crippen molar-refractivity contribution in [3.63, 3.8) is 0 Å². The van der Waals surface area contributed by atoms with Gasteiger partial charge in [0.15, 0.2) is 16.7 Å². The quantitative estimate of drug-likeness (QED) is 0.434. The predicted molar refractivity (Wildman–Crippen MR) is 131 cm³/mol. The topological polar surface area (TPSA) is 117 Å². The molecule has 4 heterocycles. The molecule has 0 spiro atoms. The van der Waals surface area contributed by atoms with Crippen LogP contribution in [0.2, 0.25) is 0 Å². The number of anilines is 1. The highest BCUT2D eigenvalue weighted by molar-refractivity contribution is 5.79. The first-order chi connectivity index (χ1) is 16.7. The van der Waals surface area contributed by atoms with Crippen molar-refractivity contribution >= 4 is 28.1 Å². The fourth-order valence-corrected chi connectivity index (χ4v) is 4.60. The molecule has 10 nitrogen and oxygen atoms in total. The molecule has 1 unspecified atom stereocenters. The Morgan fingerprint density at radius 2 is 2.09 bits per heavy atom. The normalized spacial score (nSPS) is 16.4. The van der Waals surface area contributed by atoms with E-state index >= 15 is 0 Å². The van der Waals surface area contributed by atoms with Crippen molar-refractivity contribution in [2.75, 3.05) is 18.0 Å². The summed E-state index contributed by atoms with van der Waals surface area (Å²) in [6.45, 7) is 5.62. The minimum atomic E-state index is -0.538. The minimum Gasteiger partial charge on any atom is -0.356 e. The van der Waals surface area contributed by atoms with Crippen LogP contribution in [0.5, 0.6) is 0 Å². The summed E-state index contributed by atoms with van der Waals surface area (Å²) in [6, 6.07) is 4.04. The molecule has 1 fully saturated rings. The fourth-order valence-electron chi connectivity index (χ4n) is 4.60. The Bertz CT molecular complexity index is 1570. The first kappa shape index (κ1) is 23.0. The largest absolute Gasteiger partial charge is 0.356 e. The number of fused-ring (bicyclic) bond motifs is 2. The van der Waals surface area contributed by atoms with Gasteiger partial charge in [-0.3, -0.25) is 13.9 Å². The number of hydrogen-bond acceptors (Lipinski definition) is 7. The lowest BCUT2D eigenvalue weighted by Gasteiger charge is -2.31. The van der Waals surface area contributed by atoms with Gasteiger partial charge in [0.2, 0.25) is 5.95 Å². The van der Waals surface area contributed by atoms with Crippen molar-refractivity contribution in [1.29, 1.82) is 0 Å². The molecule has 0 bridgehead atoms. The van der Waals surface area contributed by atoms with Crippen LogP contribution in [0.1, 0.15) is 32.4 Å². The summed E-state index contributed by atoms with van der Waals surface area (Å²) in [5.74, 6) is 0.160. The van der Waals surface area contributed by atoms with Crippen LogP contribution in [0.25, 0.3) is 22.1 Å². The van der Waals surface area contributed by atoms with Gasteiger partial charge in [-0.15, -0.1) is 0 Å². The number of nitrogens with two attached hydrogens (primary N) is 1. The molecular formula is C24H28FN7O3. The number of hydrogen-bond donors (Lipinski definition) is 1. The molecule has 1 saturated heterocycles. The van der Waals surface area contributed by atoms with Crippen molar-refractivity contribution in [2.24, 2.45) is 12.8 Å². The average Bonchev–Trinajstić information content (AvgIpc) is 3.40. The van der Waals surface area contributed by atoms with Gasteiger partial charge in [-0.25, -0.2) is 9.18 Å². The summed E-state index contributed by atoms with van der Waals surface area (Å²) in [5.41, 5.74) is 7.59. The first-order valence-electron chi connectivity index (χ1n) is 11.6. The SMILES string of the molecule is CC(C)=CCn1c(N2CCCC(N)C2)nc2c1c(=O)n(Cc1noc3ccc(F)cc13)c(=O)n2C. The van der Waals surface area contributed by atoms with Gasteiger partial charge in [0.1, 0.15) is 11.5 Å². The van der Waals surface area contributed by atoms with Gasteiger partial charge in [-0.05, 0) is 44.9 Å². The summed E-state index contributed by atoms with van der Waals surface area (Å²) >= 11 is 0. The maximum Gasteiger partial charge on any atom is 0.332 e. The first-order valence-corrected chi connectivity index (χ1v) is 11.6. The van der Waals surface area contributed by atoms with Crippen LogP contribution in [0.3, 0.4) is 0 Å². The van der Waals surface area contributed by atoms with Gasteiger partial charge in [-0.2, -0.15) is 4.98 Å². The second-order valence-electron chi connectivity index (χ2n) is 9.33. The predicted octanol–water partition coefficient (Wildman–Crippen LogP) is 2.12. The Kier molecular flexibility index (Phi) is 5.79. The number of aromatic nitrogens is 5. The lowest BCUT2D eigenvalue weighted by molar-refractivity contribution is 0.441. The molecule has 0 amide bonds. The minimum absolute atomic E-state index is 0.0155. The summed E-state index contributed by atoms with van der Waals surface area (Å²) < 4.78 is 23.4. The number of allylic oxidation sites excluding steroid dienone is 2. The zero-order valence-electron chi connectivity index (χ0n) is 20.0. The zero-order chi connectivity index (χ0) is 24.9. The molecule has 0 radical (unpaired) electrons. The van der Waals surface area contributed by atoms with E-state index in [1.54, 1.807) is 7.05 Å². The van der Waals surface area contributed by atoms with Crippen molar-refractivity contribution in [1.82, 2.24) is 23.8 Å². The van der Waals surface area contributed by atoms with Crippen molar-refractivity contribution in [3.8, 4) is 0 Å². The maximum absolute atomic E-state index is 13.8. The highest BCUT2D eigenvalue weighted by Gasteiger charge is 2.26. The van der Waals surface area contributed by atoms with Gasteiger partial charge in [0.05, 0.1) is 6.54 Å². The molecule has 1 aromatic carbocycles. The Labute approximate surface area is 200 Å². The fraction of sp³-hybridized carbons (Fsp3) is 0.417. The van der Waals surface area contributed by atoms with Gasteiger partial charge >= 0.3 is 5.69 Å². The van der Waals surface area contributed by atoms with Crippen molar-refractivity contribution in [2.45, 2.75) is 45.8 Å². The molecule has 0 aliphatic carbocycles. The molecule has 2 N–H and O–H groups in total. The highest BCUT2D eigenvalue weighted by Crippen LogP contribution is 2.24. The zero-order valence-corrected chi connectivity index (χ0v) is 20.0. The lowest BCUT2D eigenvalue weighted by Crippen LogP contribution is -2.44. The van der Waals surface area contributed by atoms with E-state index in [2.05, 4.69) is 10.1 Å². The van der Waals surface area contributed by atoms with Crippen LogP contribution in [0.4, 0.5) is 10.3 Å². The molecule has 35 heavy (non-hydrogen) atoms. The molecule has 1 aliphatic rings. The van der Waals surface area contributed by atoms with E-state index in [-0.39, 0.29) is 12.6 Å². The van der Waals surface area contributed by atoms with Gasteiger partial charge in [0.25, 0.3) is 5.56 Å². The summed E-state index contributed by atoms with van der Waals surface area (Å²) in [7, 11) is 1.59. The van der Waals surface area contributed by atoms with Gasteiger partial charge < -0.3 is 19.7 Å². The van der Waals surface area contributed by atoms with Crippen LogP contribution < -0.4 is 21.9 Å². The number of rotatable bonds is 5. The highest BCUT2D eigenvalue weighted by atomic mass is 19.1. The molecule has 11 heteroatoms. The molecular weight excluding hydrogens is 453 g/mol. The maximum atomic E-state index is 13.8. The third-order valence-corrected chi connectivity index (χ3v) is 6.45. The molecule has 0 saturated carbocycles. The number of aryl methyl sites for hydroxylation is 1. The lowest BCUT2D eigenvalue weighted by atomic mass is 10.1. The van der Waals surface area contributed by atoms with E-state index in [1.807, 2.05) is 24.5 Å². The Morgan fingerprint density at radius 3 is 2.83 bits per heavy atom. The van der Waals surface area contributed by atoms with Crippen molar-refractivity contribution < 1.29 is 8.91 Å². The van der Waals surface area contributed by atoms with Crippen LogP contribution in [-0.2, 0) is 20.1 Å². The third-order valence-electron chi connectivity index (χ3n) is 6.45. The standard InChI is InChI=1S/C24H28FN7O3/c1-14(2)8-10-31-20-21(27-23(31)30-9-4-5-16(26)12-30)29(3)24(34)32(22(20)33)13-18-17-11-15(25)6-7-19(17)35-28-18/h6-8,11,16H,4-5,9-10,12-13,26H2,1-3H3. The monoisotopic (exact) mass is 481 g/mol. The summed E-state index contributed by atoms with van der Waals surface area (Å²) in [4.78, 5) is 33.8. The Morgan fingerprint density at radius 1 is 1.29 bits per heavy atom. The van der Waals surface area contributed by atoms with E-state index in [1.165, 1.54) is 22.8 Å². The number of nitrogens with zero attached hydrogens (tertiary/aromatic N) is 6. The van der Waals surface area contributed by atoms with E-state index in [0.717, 1.165) is 29.5 Å². The molecule has 5 rings (SSSR count). The average molecular weight is 482 g/mol. The van der Waals surface area contributed by atoms with Crippen LogP contribution >= 0.6 is 0 Å². The van der Waals surface area contributed by atoms with Crippen LogP contribution in [0, 0.1) is 5.82 Å². The third kappa shape index (κ3) is 4.05. The molecule has 4 aromatic rings. The number of halogens is 1. The Balaban J connectivity index is 1.71.